The topological polar surface area (TPSA) is 46.5 Å². The third-order valence-electron chi connectivity index (χ3n) is 4.71. The molecule has 1 N–H and O–H groups in total. The molecule has 4 aromatic rings. The molecule has 2 aromatic heterocycles. The van der Waals surface area contributed by atoms with E-state index in [0.717, 1.165) is 33.9 Å². The van der Waals surface area contributed by atoms with Crippen LogP contribution in [0.4, 0.5) is 0 Å². The van der Waals surface area contributed by atoms with Gasteiger partial charge in [-0.05, 0) is 31.5 Å². The fraction of sp³-hybridized carbons (Fsp3) is 0.273. The molecular formula is C22H24N4. The summed E-state index contributed by atoms with van der Waals surface area (Å²) in [5.41, 5.74) is 7.40. The van der Waals surface area contributed by atoms with Crippen LogP contribution in [0.15, 0.2) is 48.5 Å². The number of imidazole rings is 1. The Kier molecular flexibility index (Phi) is 3.72. The zero-order chi connectivity index (χ0) is 18.5. The van der Waals surface area contributed by atoms with E-state index in [0.29, 0.717) is 0 Å². The highest BCUT2D eigenvalue weighted by Crippen LogP contribution is 2.32. The SMILES string of the molecule is Cc1ccc(-n2nc(C(C)(C)C)c3nc(-c4ccccc4C)[nH]c32)cc1. The van der Waals surface area contributed by atoms with Crippen molar-refractivity contribution >= 4 is 11.2 Å². The molecule has 0 unspecified atom stereocenters. The summed E-state index contributed by atoms with van der Waals surface area (Å²) < 4.78 is 1.98. The van der Waals surface area contributed by atoms with Gasteiger partial charge >= 0.3 is 0 Å². The molecular weight excluding hydrogens is 320 g/mol. The molecule has 132 valence electrons. The second-order valence-electron chi connectivity index (χ2n) is 7.94. The molecule has 0 bridgehead atoms. The average molecular weight is 344 g/mol. The fourth-order valence-electron chi connectivity index (χ4n) is 3.22. The summed E-state index contributed by atoms with van der Waals surface area (Å²) in [6.45, 7) is 10.7. The number of hydrogen-bond acceptors (Lipinski definition) is 2. The highest BCUT2D eigenvalue weighted by molar-refractivity contribution is 5.82. The first kappa shape index (κ1) is 16.6. The van der Waals surface area contributed by atoms with E-state index in [1.165, 1.54) is 11.1 Å². The van der Waals surface area contributed by atoms with Gasteiger partial charge in [-0.3, -0.25) is 0 Å². The van der Waals surface area contributed by atoms with Gasteiger partial charge in [0.1, 0.15) is 11.3 Å². The lowest BCUT2D eigenvalue weighted by Crippen LogP contribution is -2.13. The van der Waals surface area contributed by atoms with Crippen LogP contribution in [0, 0.1) is 13.8 Å². The van der Waals surface area contributed by atoms with Crippen molar-refractivity contribution < 1.29 is 0 Å². The van der Waals surface area contributed by atoms with Crippen molar-refractivity contribution in [3.8, 4) is 17.1 Å². The highest BCUT2D eigenvalue weighted by atomic mass is 15.3. The minimum absolute atomic E-state index is 0.0909. The van der Waals surface area contributed by atoms with E-state index in [9.17, 15) is 0 Å². The van der Waals surface area contributed by atoms with Crippen LogP contribution in [0.25, 0.3) is 28.2 Å². The number of hydrogen-bond donors (Lipinski definition) is 1. The first-order chi connectivity index (χ1) is 12.3. The molecule has 4 rings (SSSR count). The number of fused-ring (bicyclic) bond motifs is 1. The lowest BCUT2D eigenvalue weighted by molar-refractivity contribution is 0.563. The molecule has 0 fully saturated rings. The van der Waals surface area contributed by atoms with Crippen molar-refractivity contribution in [2.75, 3.05) is 0 Å². The summed E-state index contributed by atoms with van der Waals surface area (Å²) in [7, 11) is 0. The molecule has 0 radical (unpaired) electrons. The van der Waals surface area contributed by atoms with E-state index in [-0.39, 0.29) is 5.41 Å². The molecule has 0 amide bonds. The van der Waals surface area contributed by atoms with E-state index >= 15 is 0 Å². The van der Waals surface area contributed by atoms with Gasteiger partial charge in [-0.25, -0.2) is 9.67 Å². The zero-order valence-electron chi connectivity index (χ0n) is 16.0. The largest absolute Gasteiger partial charge is 0.322 e. The molecule has 2 heterocycles. The Hall–Kier alpha value is -2.88. The standard InChI is InChI=1S/C22H24N4/c1-14-10-12-16(13-11-14)26-21-18(19(25-26)22(3,4)5)23-20(24-21)17-9-7-6-8-15(17)2/h6-13H,1-5H3,(H,23,24). The Balaban J connectivity index is 1.98. The van der Waals surface area contributed by atoms with Gasteiger partial charge in [-0.15, -0.1) is 0 Å². The van der Waals surface area contributed by atoms with Crippen LogP contribution in [0.2, 0.25) is 0 Å². The second-order valence-corrected chi connectivity index (χ2v) is 7.94. The van der Waals surface area contributed by atoms with Gasteiger partial charge in [0, 0.05) is 11.0 Å². The molecule has 26 heavy (non-hydrogen) atoms. The van der Waals surface area contributed by atoms with Crippen molar-refractivity contribution in [3.05, 3.63) is 65.4 Å². The number of benzene rings is 2. The first-order valence-electron chi connectivity index (χ1n) is 8.97. The highest BCUT2D eigenvalue weighted by Gasteiger charge is 2.26. The van der Waals surface area contributed by atoms with Gasteiger partial charge in [0.15, 0.2) is 5.65 Å². The molecule has 0 saturated carbocycles. The number of rotatable bonds is 2. The maximum Gasteiger partial charge on any atom is 0.161 e. The lowest BCUT2D eigenvalue weighted by atomic mass is 9.92. The third kappa shape index (κ3) is 2.71. The minimum atomic E-state index is -0.0909. The molecule has 4 nitrogen and oxygen atoms in total. The summed E-state index contributed by atoms with van der Waals surface area (Å²) >= 11 is 0. The van der Waals surface area contributed by atoms with Gasteiger partial charge in [-0.2, -0.15) is 5.10 Å². The predicted octanol–water partition coefficient (Wildman–Crippen LogP) is 5.33. The van der Waals surface area contributed by atoms with Gasteiger partial charge in [0.25, 0.3) is 0 Å². The molecule has 0 aliphatic heterocycles. The maximum atomic E-state index is 4.94. The zero-order valence-corrected chi connectivity index (χ0v) is 16.0. The molecule has 4 heteroatoms. The van der Waals surface area contributed by atoms with E-state index in [1.807, 2.05) is 10.7 Å². The number of H-pyrrole nitrogens is 1. The lowest BCUT2D eigenvalue weighted by Gasteiger charge is -2.14. The summed E-state index contributed by atoms with van der Waals surface area (Å²) in [4.78, 5) is 8.45. The number of aryl methyl sites for hydroxylation is 2. The van der Waals surface area contributed by atoms with Gasteiger partial charge in [0.05, 0.1) is 11.4 Å². The van der Waals surface area contributed by atoms with Gasteiger partial charge in [0.2, 0.25) is 0 Å². The smallest absolute Gasteiger partial charge is 0.161 e. The summed E-state index contributed by atoms with van der Waals surface area (Å²) in [5, 5.41) is 4.90. The molecule has 0 aliphatic carbocycles. The Morgan fingerprint density at radius 2 is 1.62 bits per heavy atom. The molecule has 0 atom stereocenters. The van der Waals surface area contributed by atoms with Crippen LogP contribution < -0.4 is 0 Å². The van der Waals surface area contributed by atoms with Crippen LogP contribution in [0.3, 0.4) is 0 Å². The second kappa shape index (κ2) is 5.84. The Morgan fingerprint density at radius 3 is 2.27 bits per heavy atom. The molecule has 2 aromatic carbocycles. The van der Waals surface area contributed by atoms with Crippen molar-refractivity contribution in [2.45, 2.75) is 40.0 Å². The number of aromatic amines is 1. The first-order valence-corrected chi connectivity index (χ1v) is 8.97. The average Bonchev–Trinajstić information content (AvgIpc) is 3.14. The van der Waals surface area contributed by atoms with Crippen LogP contribution >= 0.6 is 0 Å². The number of nitrogens with one attached hydrogen (secondary N) is 1. The van der Waals surface area contributed by atoms with Crippen molar-refractivity contribution in [1.82, 2.24) is 19.7 Å². The van der Waals surface area contributed by atoms with Crippen LogP contribution in [-0.2, 0) is 5.41 Å². The van der Waals surface area contributed by atoms with Crippen molar-refractivity contribution in [3.63, 3.8) is 0 Å². The molecule has 0 saturated heterocycles. The van der Waals surface area contributed by atoms with Crippen molar-refractivity contribution in [1.29, 1.82) is 0 Å². The Labute approximate surface area is 153 Å². The van der Waals surface area contributed by atoms with Crippen LogP contribution in [-0.4, -0.2) is 19.7 Å². The van der Waals surface area contributed by atoms with Crippen LogP contribution in [0.5, 0.6) is 0 Å². The van der Waals surface area contributed by atoms with E-state index < -0.39 is 0 Å². The molecule has 0 aliphatic rings. The normalized spacial score (nSPS) is 12.0. The maximum absolute atomic E-state index is 4.94. The van der Waals surface area contributed by atoms with Crippen molar-refractivity contribution in [2.24, 2.45) is 0 Å². The summed E-state index contributed by atoms with van der Waals surface area (Å²) in [6, 6.07) is 16.7. The third-order valence-corrected chi connectivity index (χ3v) is 4.71. The van der Waals surface area contributed by atoms with Gasteiger partial charge in [-0.1, -0.05) is 62.7 Å². The fourth-order valence-corrected chi connectivity index (χ4v) is 3.22. The minimum Gasteiger partial charge on any atom is -0.322 e. The summed E-state index contributed by atoms with van der Waals surface area (Å²) in [5.74, 6) is 0.891. The predicted molar refractivity (Wildman–Crippen MR) is 107 cm³/mol. The van der Waals surface area contributed by atoms with E-state index in [2.05, 4.69) is 82.1 Å². The number of aromatic nitrogens is 4. The number of nitrogens with zero attached hydrogens (tertiary/aromatic N) is 3. The Bertz CT molecular complexity index is 1080. The monoisotopic (exact) mass is 344 g/mol. The molecule has 0 spiro atoms. The summed E-state index contributed by atoms with van der Waals surface area (Å²) in [6.07, 6.45) is 0. The van der Waals surface area contributed by atoms with Crippen LogP contribution in [0.1, 0.15) is 37.6 Å². The van der Waals surface area contributed by atoms with E-state index in [1.54, 1.807) is 0 Å². The Morgan fingerprint density at radius 1 is 0.923 bits per heavy atom. The van der Waals surface area contributed by atoms with E-state index in [4.69, 9.17) is 10.1 Å². The van der Waals surface area contributed by atoms with Gasteiger partial charge < -0.3 is 4.98 Å². The quantitative estimate of drug-likeness (QED) is 0.534.